The van der Waals surface area contributed by atoms with Gasteiger partial charge in [-0.25, -0.2) is 9.97 Å². The monoisotopic (exact) mass is 241 g/mol. The average Bonchev–Trinajstić information content (AvgIpc) is 2.91. The Morgan fingerprint density at radius 1 is 1.33 bits per heavy atom. The zero-order chi connectivity index (χ0) is 12.7. The third-order valence-corrected chi connectivity index (χ3v) is 3.02. The van der Waals surface area contributed by atoms with Gasteiger partial charge in [-0.3, -0.25) is 0 Å². The largest absolute Gasteiger partial charge is 0.399 e. The summed E-state index contributed by atoms with van der Waals surface area (Å²) in [6.45, 7) is 2.93. The molecule has 0 aliphatic carbocycles. The normalized spacial score (nSPS) is 11.2. The lowest BCUT2D eigenvalue weighted by Crippen LogP contribution is -1.98. The summed E-state index contributed by atoms with van der Waals surface area (Å²) in [5.74, 6) is 0.888. The molecular formula is C13H15N5. The van der Waals surface area contributed by atoms with Crippen molar-refractivity contribution in [3.8, 4) is 11.5 Å². The van der Waals surface area contributed by atoms with E-state index >= 15 is 0 Å². The molecule has 2 N–H and O–H groups in total. The van der Waals surface area contributed by atoms with Crippen LogP contribution in [0.25, 0.3) is 22.6 Å². The van der Waals surface area contributed by atoms with Crippen molar-refractivity contribution in [3.05, 3.63) is 30.7 Å². The van der Waals surface area contributed by atoms with Gasteiger partial charge < -0.3 is 14.9 Å². The van der Waals surface area contributed by atoms with E-state index in [1.165, 1.54) is 0 Å². The summed E-state index contributed by atoms with van der Waals surface area (Å²) >= 11 is 0. The maximum atomic E-state index is 5.84. The Bertz CT molecular complexity index is 707. The summed E-state index contributed by atoms with van der Waals surface area (Å²) in [6, 6.07) is 5.78. The van der Waals surface area contributed by atoms with Gasteiger partial charge >= 0.3 is 0 Å². The van der Waals surface area contributed by atoms with E-state index in [0.29, 0.717) is 0 Å². The van der Waals surface area contributed by atoms with Crippen molar-refractivity contribution in [2.45, 2.75) is 13.5 Å². The SMILES string of the molecule is CCn1c(-c2cn(C)cn2)nc2ccc(N)cc21. The minimum Gasteiger partial charge on any atom is -0.399 e. The zero-order valence-corrected chi connectivity index (χ0v) is 10.5. The van der Waals surface area contributed by atoms with Gasteiger partial charge in [-0.05, 0) is 25.1 Å². The van der Waals surface area contributed by atoms with E-state index in [-0.39, 0.29) is 0 Å². The molecular weight excluding hydrogens is 226 g/mol. The van der Waals surface area contributed by atoms with Crippen molar-refractivity contribution < 1.29 is 0 Å². The maximum Gasteiger partial charge on any atom is 0.161 e. The Morgan fingerprint density at radius 2 is 2.17 bits per heavy atom. The third-order valence-electron chi connectivity index (χ3n) is 3.02. The summed E-state index contributed by atoms with van der Waals surface area (Å²) in [6.07, 6.45) is 3.75. The van der Waals surface area contributed by atoms with Crippen molar-refractivity contribution >= 4 is 16.7 Å². The van der Waals surface area contributed by atoms with Crippen LogP contribution in [0.5, 0.6) is 0 Å². The van der Waals surface area contributed by atoms with Gasteiger partial charge in [0.2, 0.25) is 0 Å². The van der Waals surface area contributed by atoms with E-state index < -0.39 is 0 Å². The van der Waals surface area contributed by atoms with Crippen molar-refractivity contribution in [1.29, 1.82) is 0 Å². The van der Waals surface area contributed by atoms with Gasteiger partial charge in [-0.1, -0.05) is 0 Å². The predicted molar refractivity (Wildman–Crippen MR) is 72.0 cm³/mol. The highest BCUT2D eigenvalue weighted by molar-refractivity contribution is 5.82. The molecule has 3 rings (SSSR count). The van der Waals surface area contributed by atoms with Crippen LogP contribution in [0, 0.1) is 0 Å². The Labute approximate surface area is 105 Å². The molecule has 0 aliphatic rings. The topological polar surface area (TPSA) is 61.7 Å². The second-order valence-electron chi connectivity index (χ2n) is 4.35. The maximum absolute atomic E-state index is 5.84. The van der Waals surface area contributed by atoms with Gasteiger partial charge in [0.15, 0.2) is 5.82 Å². The van der Waals surface area contributed by atoms with Crippen LogP contribution < -0.4 is 5.73 Å². The Kier molecular flexibility index (Phi) is 2.33. The standard InChI is InChI=1S/C13H15N5/c1-3-18-12-6-9(14)4-5-10(12)16-13(18)11-7-17(2)8-15-11/h4-8H,3,14H2,1-2H3. The molecule has 2 aromatic heterocycles. The molecule has 0 fully saturated rings. The highest BCUT2D eigenvalue weighted by Crippen LogP contribution is 2.24. The highest BCUT2D eigenvalue weighted by atomic mass is 15.1. The van der Waals surface area contributed by atoms with Crippen molar-refractivity contribution in [3.63, 3.8) is 0 Å². The molecule has 0 saturated carbocycles. The summed E-state index contributed by atoms with van der Waals surface area (Å²) < 4.78 is 4.05. The molecule has 5 heteroatoms. The Balaban J connectivity index is 2.29. The number of nitrogens with zero attached hydrogens (tertiary/aromatic N) is 4. The van der Waals surface area contributed by atoms with E-state index in [4.69, 9.17) is 5.73 Å². The lowest BCUT2D eigenvalue weighted by Gasteiger charge is -2.03. The minimum atomic E-state index is 0.754. The van der Waals surface area contributed by atoms with E-state index in [0.717, 1.165) is 34.8 Å². The first kappa shape index (κ1) is 10.8. The van der Waals surface area contributed by atoms with Gasteiger partial charge in [0.05, 0.1) is 17.4 Å². The predicted octanol–water partition coefficient (Wildman–Crippen LogP) is 2.04. The number of hydrogen-bond acceptors (Lipinski definition) is 3. The number of aromatic nitrogens is 4. The molecule has 92 valence electrons. The van der Waals surface area contributed by atoms with Gasteiger partial charge in [0.1, 0.15) is 5.69 Å². The molecule has 0 amide bonds. The molecule has 0 spiro atoms. The van der Waals surface area contributed by atoms with Gasteiger partial charge in [-0.15, -0.1) is 0 Å². The Hall–Kier alpha value is -2.30. The van der Waals surface area contributed by atoms with Crippen molar-refractivity contribution in [1.82, 2.24) is 19.1 Å². The van der Waals surface area contributed by atoms with E-state index in [9.17, 15) is 0 Å². The van der Waals surface area contributed by atoms with Crippen LogP contribution in [0.15, 0.2) is 30.7 Å². The quantitative estimate of drug-likeness (QED) is 0.698. The number of nitrogen functional groups attached to an aromatic ring is 1. The molecule has 0 atom stereocenters. The molecule has 2 heterocycles. The zero-order valence-electron chi connectivity index (χ0n) is 10.5. The van der Waals surface area contributed by atoms with Crippen LogP contribution >= 0.6 is 0 Å². The number of aryl methyl sites for hydroxylation is 2. The summed E-state index contributed by atoms with van der Waals surface area (Å²) in [7, 11) is 1.95. The second-order valence-corrected chi connectivity index (χ2v) is 4.35. The molecule has 18 heavy (non-hydrogen) atoms. The Morgan fingerprint density at radius 3 is 2.83 bits per heavy atom. The number of benzene rings is 1. The minimum absolute atomic E-state index is 0.754. The van der Waals surface area contributed by atoms with Gasteiger partial charge in [0, 0.05) is 25.5 Å². The fourth-order valence-corrected chi connectivity index (χ4v) is 2.18. The van der Waals surface area contributed by atoms with Gasteiger partial charge in [0.25, 0.3) is 0 Å². The van der Waals surface area contributed by atoms with Crippen molar-refractivity contribution in [2.24, 2.45) is 7.05 Å². The summed E-state index contributed by atoms with van der Waals surface area (Å²) in [5.41, 5.74) is 9.48. The lowest BCUT2D eigenvalue weighted by molar-refractivity contribution is 0.794. The number of hydrogen-bond donors (Lipinski definition) is 1. The number of nitrogens with two attached hydrogens (primary N) is 1. The number of fused-ring (bicyclic) bond motifs is 1. The molecule has 3 aromatic rings. The molecule has 0 bridgehead atoms. The molecule has 0 radical (unpaired) electrons. The number of rotatable bonds is 2. The van der Waals surface area contributed by atoms with E-state index in [2.05, 4.69) is 21.5 Å². The number of imidazole rings is 2. The fourth-order valence-electron chi connectivity index (χ4n) is 2.18. The first-order valence-electron chi connectivity index (χ1n) is 5.93. The first-order chi connectivity index (χ1) is 8.69. The molecule has 5 nitrogen and oxygen atoms in total. The molecule has 0 aliphatic heterocycles. The molecule has 0 saturated heterocycles. The smallest absolute Gasteiger partial charge is 0.161 e. The third kappa shape index (κ3) is 1.55. The highest BCUT2D eigenvalue weighted by Gasteiger charge is 2.13. The van der Waals surface area contributed by atoms with Gasteiger partial charge in [-0.2, -0.15) is 0 Å². The van der Waals surface area contributed by atoms with E-state index in [1.807, 2.05) is 36.0 Å². The molecule has 0 unspecified atom stereocenters. The molecule has 1 aromatic carbocycles. The van der Waals surface area contributed by atoms with Crippen LogP contribution in [0.4, 0.5) is 5.69 Å². The number of anilines is 1. The van der Waals surface area contributed by atoms with Crippen LogP contribution in [0.3, 0.4) is 0 Å². The van der Waals surface area contributed by atoms with Crippen LogP contribution in [-0.2, 0) is 13.6 Å². The van der Waals surface area contributed by atoms with Crippen LogP contribution in [0.2, 0.25) is 0 Å². The van der Waals surface area contributed by atoms with Crippen LogP contribution in [-0.4, -0.2) is 19.1 Å². The van der Waals surface area contributed by atoms with E-state index in [1.54, 1.807) is 6.33 Å². The van der Waals surface area contributed by atoms with Crippen LogP contribution in [0.1, 0.15) is 6.92 Å². The average molecular weight is 241 g/mol. The summed E-state index contributed by atoms with van der Waals surface area (Å²) in [5, 5.41) is 0. The second kappa shape index (κ2) is 3.87. The summed E-state index contributed by atoms with van der Waals surface area (Å²) in [4.78, 5) is 9.00. The fraction of sp³-hybridized carbons (Fsp3) is 0.231. The lowest BCUT2D eigenvalue weighted by atomic mass is 10.3. The van der Waals surface area contributed by atoms with Crippen molar-refractivity contribution in [2.75, 3.05) is 5.73 Å². The first-order valence-corrected chi connectivity index (χ1v) is 5.93.